The topological polar surface area (TPSA) is 101 Å². The fourth-order valence-corrected chi connectivity index (χ4v) is 4.75. The molecule has 0 radical (unpaired) electrons. The molecule has 0 spiro atoms. The van der Waals surface area contributed by atoms with Crippen LogP contribution in [0.15, 0.2) is 47.4 Å². The molecule has 0 atom stereocenters. The zero-order valence-electron chi connectivity index (χ0n) is 16.6. The van der Waals surface area contributed by atoms with E-state index >= 15 is 0 Å². The van der Waals surface area contributed by atoms with Crippen LogP contribution in [0.25, 0.3) is 0 Å². The molecule has 0 aromatic heterocycles. The summed E-state index contributed by atoms with van der Waals surface area (Å²) in [6.45, 7) is 0. The van der Waals surface area contributed by atoms with Gasteiger partial charge in [-0.3, -0.25) is 19.3 Å². The van der Waals surface area contributed by atoms with Crippen LogP contribution in [-0.4, -0.2) is 43.3 Å². The molecule has 0 bridgehead atoms. The van der Waals surface area contributed by atoms with Gasteiger partial charge in [0.05, 0.1) is 16.0 Å². The molecule has 1 heterocycles. The van der Waals surface area contributed by atoms with Gasteiger partial charge >= 0.3 is 0 Å². The number of carbonyl (C=O) groups excluding carboxylic acids is 3. The molecule has 30 heavy (non-hydrogen) atoms. The third-order valence-corrected chi connectivity index (χ3v) is 6.75. The SMILES string of the molecule is CS(=O)(=O)c1cccc(NC(=O)c2ccc3c(c2)C(=O)N(C2CCCCC2)C3=O)c1. The number of hydrogen-bond donors (Lipinski definition) is 1. The van der Waals surface area contributed by atoms with E-state index in [1.54, 1.807) is 12.1 Å². The molecule has 7 nitrogen and oxygen atoms in total. The molecule has 1 aliphatic heterocycles. The number of fused-ring (bicyclic) bond motifs is 1. The predicted molar refractivity (Wildman–Crippen MR) is 111 cm³/mol. The molecular weight excluding hydrogens is 404 g/mol. The van der Waals surface area contributed by atoms with Gasteiger partial charge in [0, 0.05) is 23.5 Å². The summed E-state index contributed by atoms with van der Waals surface area (Å²) in [5, 5.41) is 2.65. The first-order valence-electron chi connectivity index (χ1n) is 9.89. The number of amides is 3. The fourth-order valence-electron chi connectivity index (χ4n) is 4.08. The van der Waals surface area contributed by atoms with Crippen LogP contribution in [0.3, 0.4) is 0 Å². The van der Waals surface area contributed by atoms with Gasteiger partial charge in [0.15, 0.2) is 9.84 Å². The molecule has 2 aromatic carbocycles. The Kier molecular flexibility index (Phi) is 5.19. The smallest absolute Gasteiger partial charge is 0.261 e. The predicted octanol–water partition coefficient (Wildman–Crippen LogP) is 3.27. The number of anilines is 1. The van der Waals surface area contributed by atoms with Gasteiger partial charge in [0.1, 0.15) is 0 Å². The second kappa shape index (κ2) is 7.68. The van der Waals surface area contributed by atoms with Crippen molar-refractivity contribution in [3.8, 4) is 0 Å². The first-order valence-corrected chi connectivity index (χ1v) is 11.8. The van der Waals surface area contributed by atoms with E-state index in [9.17, 15) is 22.8 Å². The lowest BCUT2D eigenvalue weighted by atomic mass is 9.94. The van der Waals surface area contributed by atoms with Gasteiger partial charge in [-0.2, -0.15) is 0 Å². The summed E-state index contributed by atoms with van der Waals surface area (Å²) in [6.07, 6.45) is 5.83. The first-order chi connectivity index (χ1) is 14.3. The zero-order chi connectivity index (χ0) is 21.5. The van der Waals surface area contributed by atoms with Crippen molar-refractivity contribution in [2.75, 3.05) is 11.6 Å². The first kappa shape index (κ1) is 20.3. The lowest BCUT2D eigenvalue weighted by Crippen LogP contribution is -2.40. The summed E-state index contributed by atoms with van der Waals surface area (Å²) in [5.41, 5.74) is 1.11. The van der Waals surface area contributed by atoms with Crippen LogP contribution in [-0.2, 0) is 9.84 Å². The summed E-state index contributed by atoms with van der Waals surface area (Å²) in [4.78, 5) is 39.8. The molecule has 4 rings (SSSR count). The Morgan fingerprint density at radius 3 is 2.37 bits per heavy atom. The fraction of sp³-hybridized carbons (Fsp3) is 0.318. The molecule has 8 heteroatoms. The second-order valence-corrected chi connectivity index (χ2v) is 9.80. The number of benzene rings is 2. The van der Waals surface area contributed by atoms with Crippen molar-refractivity contribution in [1.82, 2.24) is 4.90 Å². The average Bonchev–Trinajstić information content (AvgIpc) is 2.98. The Balaban J connectivity index is 1.57. The monoisotopic (exact) mass is 426 g/mol. The Morgan fingerprint density at radius 1 is 0.967 bits per heavy atom. The van der Waals surface area contributed by atoms with Gasteiger partial charge in [-0.1, -0.05) is 25.3 Å². The molecule has 1 saturated carbocycles. The number of sulfone groups is 1. The van der Waals surface area contributed by atoms with Crippen LogP contribution in [0.1, 0.15) is 63.2 Å². The number of rotatable bonds is 4. The normalized spacial score (nSPS) is 17.2. The Bertz CT molecular complexity index is 1150. The lowest BCUT2D eigenvalue weighted by molar-refractivity contribution is 0.0548. The van der Waals surface area contributed by atoms with E-state index in [0.717, 1.165) is 38.4 Å². The second-order valence-electron chi connectivity index (χ2n) is 7.79. The Morgan fingerprint density at radius 2 is 1.67 bits per heavy atom. The largest absolute Gasteiger partial charge is 0.322 e. The third kappa shape index (κ3) is 3.75. The van der Waals surface area contributed by atoms with E-state index < -0.39 is 15.7 Å². The van der Waals surface area contributed by atoms with Crippen molar-refractivity contribution in [3.05, 3.63) is 59.2 Å². The summed E-state index contributed by atoms with van der Waals surface area (Å²) < 4.78 is 23.4. The molecule has 1 N–H and O–H groups in total. The number of nitrogens with one attached hydrogen (secondary N) is 1. The van der Waals surface area contributed by atoms with Crippen molar-refractivity contribution in [1.29, 1.82) is 0 Å². The minimum atomic E-state index is -3.40. The minimum Gasteiger partial charge on any atom is -0.322 e. The quantitative estimate of drug-likeness (QED) is 0.756. The van der Waals surface area contributed by atoms with Crippen LogP contribution < -0.4 is 5.32 Å². The van der Waals surface area contributed by atoms with Crippen LogP contribution in [0.4, 0.5) is 5.69 Å². The van der Waals surface area contributed by atoms with Gasteiger partial charge in [0.2, 0.25) is 0 Å². The molecular formula is C22H22N2O5S. The van der Waals surface area contributed by atoms with E-state index in [-0.39, 0.29) is 33.9 Å². The Labute approximate surface area is 175 Å². The van der Waals surface area contributed by atoms with Crippen molar-refractivity contribution < 1.29 is 22.8 Å². The summed E-state index contributed by atoms with van der Waals surface area (Å²) in [5.74, 6) is -1.13. The number of carbonyl (C=O) groups is 3. The molecule has 156 valence electrons. The van der Waals surface area contributed by atoms with E-state index in [4.69, 9.17) is 0 Å². The standard InChI is InChI=1S/C22H22N2O5S/c1-30(28,29)17-9-5-6-15(13-17)23-20(25)14-10-11-18-19(12-14)22(27)24(21(18)26)16-7-3-2-4-8-16/h5-6,9-13,16H,2-4,7-8H2,1H3,(H,23,25). The van der Waals surface area contributed by atoms with Crippen LogP contribution in [0.5, 0.6) is 0 Å². The summed E-state index contributed by atoms with van der Waals surface area (Å²) in [7, 11) is -3.40. The van der Waals surface area contributed by atoms with Crippen LogP contribution in [0.2, 0.25) is 0 Å². The zero-order valence-corrected chi connectivity index (χ0v) is 17.4. The molecule has 2 aromatic rings. The highest BCUT2D eigenvalue weighted by molar-refractivity contribution is 7.90. The molecule has 3 amide bonds. The molecule has 0 saturated heterocycles. The minimum absolute atomic E-state index is 0.0813. The highest BCUT2D eigenvalue weighted by Crippen LogP contribution is 2.31. The number of nitrogens with zero attached hydrogens (tertiary/aromatic N) is 1. The van der Waals surface area contributed by atoms with Crippen molar-refractivity contribution >= 4 is 33.2 Å². The lowest BCUT2D eigenvalue weighted by Gasteiger charge is -2.29. The number of hydrogen-bond acceptors (Lipinski definition) is 5. The van der Waals surface area contributed by atoms with Crippen molar-refractivity contribution in [2.45, 2.75) is 43.0 Å². The molecule has 0 unspecified atom stereocenters. The van der Waals surface area contributed by atoms with E-state index in [1.807, 2.05) is 0 Å². The van der Waals surface area contributed by atoms with Gasteiger partial charge in [0.25, 0.3) is 17.7 Å². The van der Waals surface area contributed by atoms with Gasteiger partial charge in [-0.15, -0.1) is 0 Å². The summed E-state index contributed by atoms with van der Waals surface area (Å²) in [6, 6.07) is 10.3. The summed E-state index contributed by atoms with van der Waals surface area (Å²) >= 11 is 0. The maximum atomic E-state index is 12.9. The molecule has 1 aliphatic carbocycles. The van der Waals surface area contributed by atoms with E-state index in [2.05, 4.69) is 5.32 Å². The molecule has 1 fully saturated rings. The van der Waals surface area contributed by atoms with E-state index in [0.29, 0.717) is 11.3 Å². The van der Waals surface area contributed by atoms with Crippen molar-refractivity contribution in [3.63, 3.8) is 0 Å². The third-order valence-electron chi connectivity index (χ3n) is 5.64. The molecule has 2 aliphatic rings. The maximum Gasteiger partial charge on any atom is 0.261 e. The van der Waals surface area contributed by atoms with Crippen LogP contribution >= 0.6 is 0 Å². The van der Waals surface area contributed by atoms with Crippen molar-refractivity contribution in [2.24, 2.45) is 0 Å². The highest BCUT2D eigenvalue weighted by Gasteiger charge is 2.40. The highest BCUT2D eigenvalue weighted by atomic mass is 32.2. The van der Waals surface area contributed by atoms with Crippen LogP contribution in [0, 0.1) is 0 Å². The van der Waals surface area contributed by atoms with Gasteiger partial charge < -0.3 is 5.32 Å². The van der Waals surface area contributed by atoms with Gasteiger partial charge in [-0.25, -0.2) is 8.42 Å². The Hall–Kier alpha value is -3.00. The maximum absolute atomic E-state index is 12.9. The van der Waals surface area contributed by atoms with E-state index in [1.165, 1.54) is 35.2 Å². The van der Waals surface area contributed by atoms with Gasteiger partial charge in [-0.05, 0) is 49.2 Å². The average molecular weight is 426 g/mol. The number of imide groups is 1.